The molecule has 0 heterocycles. The van der Waals surface area contributed by atoms with Crippen LogP contribution in [-0.2, 0) is 9.53 Å². The fourth-order valence-electron chi connectivity index (χ4n) is 1.37. The lowest BCUT2D eigenvalue weighted by Gasteiger charge is -2.20. The Labute approximate surface area is 115 Å². The van der Waals surface area contributed by atoms with Gasteiger partial charge in [0, 0.05) is 19.1 Å². The Bertz CT molecular complexity index is 558. The van der Waals surface area contributed by atoms with E-state index in [9.17, 15) is 19.7 Å². The molecule has 0 aliphatic carbocycles. The Morgan fingerprint density at radius 3 is 2.30 bits per heavy atom. The predicted molar refractivity (Wildman–Crippen MR) is 69.6 cm³/mol. The molecule has 0 radical (unpaired) electrons. The molecule has 0 fully saturated rings. The molecule has 20 heavy (non-hydrogen) atoms. The van der Waals surface area contributed by atoms with Crippen LogP contribution in [0, 0.1) is 10.1 Å². The maximum atomic E-state index is 12.0. The molecular formula is C13H15NO6. The maximum absolute atomic E-state index is 12.0. The topological polar surface area (TPSA) is 95.7 Å². The van der Waals surface area contributed by atoms with Crippen LogP contribution in [0.25, 0.3) is 0 Å². The lowest BCUT2D eigenvalue weighted by atomic mass is 10.1. The summed E-state index contributed by atoms with van der Waals surface area (Å²) in [6, 6.07) is 3.36. The van der Waals surface area contributed by atoms with Gasteiger partial charge in [-0.3, -0.25) is 14.9 Å². The predicted octanol–water partition coefficient (Wildman–Crippen LogP) is 2.48. The van der Waals surface area contributed by atoms with Crippen molar-refractivity contribution in [3.05, 3.63) is 33.9 Å². The Morgan fingerprint density at radius 2 is 1.85 bits per heavy atom. The van der Waals surface area contributed by atoms with E-state index >= 15 is 0 Å². The van der Waals surface area contributed by atoms with Crippen molar-refractivity contribution in [2.24, 2.45) is 0 Å². The lowest BCUT2D eigenvalue weighted by molar-refractivity contribution is -0.384. The van der Waals surface area contributed by atoms with Crippen molar-refractivity contribution in [1.29, 1.82) is 0 Å². The Kier molecular flexibility index (Phi) is 4.44. The third-order valence-electron chi connectivity index (χ3n) is 2.05. The highest BCUT2D eigenvalue weighted by Gasteiger charge is 2.24. The molecular weight excluding hydrogens is 266 g/mol. The van der Waals surface area contributed by atoms with Gasteiger partial charge in [0.2, 0.25) is 0 Å². The molecule has 1 aromatic carbocycles. The second-order valence-electron chi connectivity index (χ2n) is 5.03. The summed E-state index contributed by atoms with van der Waals surface area (Å²) in [5.74, 6) is -1.50. The number of carbonyl (C=O) groups is 2. The zero-order chi connectivity index (χ0) is 15.5. The molecule has 0 saturated heterocycles. The first-order valence-corrected chi connectivity index (χ1v) is 5.80. The minimum absolute atomic E-state index is 0.0719. The zero-order valence-corrected chi connectivity index (χ0v) is 11.6. The summed E-state index contributed by atoms with van der Waals surface area (Å²) in [5.41, 5.74) is -1.22. The molecule has 7 nitrogen and oxygen atoms in total. The van der Waals surface area contributed by atoms with E-state index in [-0.39, 0.29) is 17.0 Å². The fraction of sp³-hybridized carbons (Fsp3) is 0.385. The van der Waals surface area contributed by atoms with E-state index in [2.05, 4.69) is 0 Å². The number of rotatable bonds is 3. The van der Waals surface area contributed by atoms with Gasteiger partial charge in [0.1, 0.15) is 16.9 Å². The number of benzene rings is 1. The van der Waals surface area contributed by atoms with Gasteiger partial charge in [-0.15, -0.1) is 0 Å². The zero-order valence-electron chi connectivity index (χ0n) is 11.6. The highest BCUT2D eigenvalue weighted by Crippen LogP contribution is 2.26. The van der Waals surface area contributed by atoms with Gasteiger partial charge in [-0.2, -0.15) is 0 Å². The first-order valence-electron chi connectivity index (χ1n) is 5.80. The molecule has 0 aliphatic rings. The Hall–Kier alpha value is -2.44. The van der Waals surface area contributed by atoms with Crippen molar-refractivity contribution in [3.63, 3.8) is 0 Å². The van der Waals surface area contributed by atoms with Crippen LogP contribution in [0.5, 0.6) is 5.75 Å². The fourth-order valence-corrected chi connectivity index (χ4v) is 1.37. The van der Waals surface area contributed by atoms with E-state index in [4.69, 9.17) is 9.47 Å². The van der Waals surface area contributed by atoms with Gasteiger partial charge >= 0.3 is 11.9 Å². The molecule has 0 aliphatic heterocycles. The molecule has 0 atom stereocenters. The number of nitro benzene ring substituents is 1. The molecule has 0 amide bonds. The third kappa shape index (κ3) is 4.34. The van der Waals surface area contributed by atoms with Crippen LogP contribution in [0.1, 0.15) is 38.1 Å². The van der Waals surface area contributed by atoms with Crippen LogP contribution in [0.15, 0.2) is 18.2 Å². The monoisotopic (exact) mass is 281 g/mol. The van der Waals surface area contributed by atoms with E-state index in [0.29, 0.717) is 0 Å². The average molecular weight is 281 g/mol. The van der Waals surface area contributed by atoms with E-state index in [1.807, 2.05) is 0 Å². The van der Waals surface area contributed by atoms with Gasteiger partial charge in [0.05, 0.1) is 4.92 Å². The molecule has 0 saturated carbocycles. The van der Waals surface area contributed by atoms with Gasteiger partial charge in [-0.1, -0.05) is 0 Å². The molecule has 0 aromatic heterocycles. The van der Waals surface area contributed by atoms with Crippen LogP contribution >= 0.6 is 0 Å². The van der Waals surface area contributed by atoms with Crippen molar-refractivity contribution in [3.8, 4) is 5.75 Å². The summed E-state index contributed by atoms with van der Waals surface area (Å²) in [5, 5.41) is 10.7. The van der Waals surface area contributed by atoms with Crippen molar-refractivity contribution in [1.82, 2.24) is 0 Å². The van der Waals surface area contributed by atoms with Crippen molar-refractivity contribution >= 4 is 17.6 Å². The summed E-state index contributed by atoms with van der Waals surface area (Å²) in [7, 11) is 0. The second-order valence-corrected chi connectivity index (χ2v) is 5.03. The molecule has 7 heteroatoms. The average Bonchev–Trinajstić information content (AvgIpc) is 2.25. The van der Waals surface area contributed by atoms with Gasteiger partial charge in [-0.05, 0) is 26.8 Å². The number of ether oxygens (including phenoxy) is 2. The maximum Gasteiger partial charge on any atom is 0.342 e. The van der Waals surface area contributed by atoms with Gasteiger partial charge in [0.25, 0.3) is 5.69 Å². The summed E-state index contributed by atoms with van der Waals surface area (Å²) in [6.45, 7) is 6.15. The van der Waals surface area contributed by atoms with E-state index in [1.54, 1.807) is 20.8 Å². The normalized spacial score (nSPS) is 10.8. The Balaban J connectivity index is 3.23. The molecule has 0 bridgehead atoms. The number of hydrogen-bond acceptors (Lipinski definition) is 6. The number of hydrogen-bond donors (Lipinski definition) is 0. The molecule has 0 spiro atoms. The molecule has 1 aromatic rings. The van der Waals surface area contributed by atoms with Crippen molar-refractivity contribution < 1.29 is 24.0 Å². The van der Waals surface area contributed by atoms with Crippen LogP contribution < -0.4 is 4.74 Å². The summed E-state index contributed by atoms with van der Waals surface area (Å²) < 4.78 is 9.98. The quantitative estimate of drug-likeness (QED) is 0.365. The van der Waals surface area contributed by atoms with Gasteiger partial charge in [-0.25, -0.2) is 4.79 Å². The first kappa shape index (κ1) is 15.6. The number of nitro groups is 1. The van der Waals surface area contributed by atoms with Crippen LogP contribution in [0.4, 0.5) is 5.69 Å². The van der Waals surface area contributed by atoms with Crippen LogP contribution in [0.2, 0.25) is 0 Å². The molecule has 108 valence electrons. The summed E-state index contributed by atoms with van der Waals surface area (Å²) in [4.78, 5) is 33.1. The standard InChI is InChI=1S/C13H15NO6/c1-8(15)19-11-6-5-9(14(17)18)7-10(11)12(16)20-13(2,3)4/h5-7H,1-4H3. The smallest absolute Gasteiger partial charge is 0.342 e. The van der Waals surface area contributed by atoms with Gasteiger partial charge < -0.3 is 9.47 Å². The number of esters is 2. The largest absolute Gasteiger partial charge is 0.456 e. The minimum atomic E-state index is -0.794. The highest BCUT2D eigenvalue weighted by atomic mass is 16.6. The van der Waals surface area contributed by atoms with E-state index in [1.165, 1.54) is 13.0 Å². The summed E-state index contributed by atoms with van der Waals surface area (Å²) in [6.07, 6.45) is 0. The van der Waals surface area contributed by atoms with Crippen molar-refractivity contribution in [2.45, 2.75) is 33.3 Å². The molecule has 0 N–H and O–H groups in total. The van der Waals surface area contributed by atoms with E-state index in [0.717, 1.165) is 12.1 Å². The third-order valence-corrected chi connectivity index (χ3v) is 2.05. The second kappa shape index (κ2) is 5.68. The minimum Gasteiger partial charge on any atom is -0.456 e. The molecule has 1 rings (SSSR count). The molecule has 0 unspecified atom stereocenters. The SMILES string of the molecule is CC(=O)Oc1ccc([N+](=O)[O-])cc1C(=O)OC(C)(C)C. The number of carbonyl (C=O) groups excluding carboxylic acids is 2. The highest BCUT2D eigenvalue weighted by molar-refractivity contribution is 5.94. The van der Waals surface area contributed by atoms with Crippen LogP contribution in [0.3, 0.4) is 0 Å². The Morgan fingerprint density at radius 1 is 1.25 bits per heavy atom. The number of nitrogens with zero attached hydrogens (tertiary/aromatic N) is 1. The summed E-state index contributed by atoms with van der Waals surface area (Å²) >= 11 is 0. The van der Waals surface area contributed by atoms with E-state index < -0.39 is 22.5 Å². The first-order chi connectivity index (χ1) is 9.10. The lowest BCUT2D eigenvalue weighted by Crippen LogP contribution is -2.24. The van der Waals surface area contributed by atoms with Crippen molar-refractivity contribution in [2.75, 3.05) is 0 Å². The number of non-ortho nitro benzene ring substituents is 1. The van der Waals surface area contributed by atoms with Gasteiger partial charge in [0.15, 0.2) is 0 Å². The van der Waals surface area contributed by atoms with Crippen LogP contribution in [-0.4, -0.2) is 22.5 Å².